The smallest absolute Gasteiger partial charge is 0.326 e. The fraction of sp³-hybridized carbons (Fsp3) is 0.800. The summed E-state index contributed by atoms with van der Waals surface area (Å²) < 4.78 is 4.35. The minimum atomic E-state index is -3.16. The number of hydrogen-bond donors (Lipinski definition) is 8. The molecule has 9 N–H and O–H groups in total. The van der Waals surface area contributed by atoms with E-state index in [-0.39, 0.29) is 0 Å². The van der Waals surface area contributed by atoms with E-state index < -0.39 is 60.7 Å². The Morgan fingerprint density at radius 3 is 1.86 bits per heavy atom. The summed E-state index contributed by atoms with van der Waals surface area (Å²) in [6.07, 6.45) is -11.8. The van der Waals surface area contributed by atoms with Gasteiger partial charge in [0.25, 0.3) is 5.79 Å². The molecule has 1 rings (SSSR count). The Kier molecular flexibility index (Phi) is 5.22. The van der Waals surface area contributed by atoms with Crippen LogP contribution in [0, 0.1) is 0 Å². The first-order valence-corrected chi connectivity index (χ1v) is 5.85. The van der Waals surface area contributed by atoms with E-state index in [9.17, 15) is 40.2 Å². The van der Waals surface area contributed by atoms with Crippen LogP contribution in [0.15, 0.2) is 0 Å². The highest BCUT2D eigenvalue weighted by atomic mass is 16.7. The van der Waals surface area contributed by atoms with Gasteiger partial charge in [0.2, 0.25) is 0 Å². The van der Waals surface area contributed by atoms with Gasteiger partial charge >= 0.3 is 11.9 Å². The van der Waals surface area contributed by atoms with E-state index in [2.05, 4.69) is 4.74 Å². The fourth-order valence-corrected chi connectivity index (χ4v) is 1.87. The summed E-state index contributed by atoms with van der Waals surface area (Å²) >= 11 is 0. The summed E-state index contributed by atoms with van der Waals surface area (Å²) in [5.74, 6) is -6.09. The van der Waals surface area contributed by atoms with Gasteiger partial charge < -0.3 is 46.2 Å². The standard InChI is InChI=1S/C10H17NO10/c11-2(1-3(12)13)9(19)21-10(20)7(17)5(15)4(14)6(16)8(10)18/h2,4-8,14-18,20H,1,11H2,(H,12,13)/t2-,4?,5-,6+,7+,8+,10?/m0/s1. The van der Waals surface area contributed by atoms with Gasteiger partial charge in [-0.15, -0.1) is 0 Å². The van der Waals surface area contributed by atoms with Crippen LogP contribution in [0.3, 0.4) is 0 Å². The molecule has 0 radical (unpaired) electrons. The molecule has 0 heterocycles. The zero-order valence-corrected chi connectivity index (χ0v) is 10.6. The van der Waals surface area contributed by atoms with E-state index in [0.717, 1.165) is 0 Å². The lowest BCUT2D eigenvalue weighted by Crippen LogP contribution is -2.72. The molecule has 1 aliphatic carbocycles. The Balaban J connectivity index is 2.92. The van der Waals surface area contributed by atoms with Crippen LogP contribution in [0.1, 0.15) is 6.42 Å². The maximum atomic E-state index is 11.5. The van der Waals surface area contributed by atoms with Crippen LogP contribution >= 0.6 is 0 Å². The van der Waals surface area contributed by atoms with Gasteiger partial charge in [-0.3, -0.25) is 9.59 Å². The predicted molar refractivity (Wildman–Crippen MR) is 61.3 cm³/mol. The van der Waals surface area contributed by atoms with Crippen molar-refractivity contribution < 1.29 is 50.1 Å². The SMILES string of the molecule is N[C@@H](CC(=O)O)C(=O)OC1(O)[C@H](O)[C@H](O)C(O)[C@H](O)[C@H]1O. The molecule has 1 saturated carbocycles. The molecule has 0 aromatic heterocycles. The van der Waals surface area contributed by atoms with Gasteiger partial charge in [-0.05, 0) is 0 Å². The van der Waals surface area contributed by atoms with E-state index in [1.807, 2.05) is 0 Å². The lowest BCUT2D eigenvalue weighted by Gasteiger charge is -2.46. The highest BCUT2D eigenvalue weighted by molar-refractivity contribution is 5.82. The minimum Gasteiger partial charge on any atom is -0.481 e. The average Bonchev–Trinajstić information content (AvgIpc) is 2.40. The second-order valence-corrected chi connectivity index (χ2v) is 4.74. The van der Waals surface area contributed by atoms with Crippen molar-refractivity contribution in [3.05, 3.63) is 0 Å². The predicted octanol–water partition coefficient (Wildman–Crippen LogP) is -5.16. The molecule has 0 amide bonds. The van der Waals surface area contributed by atoms with Gasteiger partial charge in [0.15, 0.2) is 12.2 Å². The Morgan fingerprint density at radius 2 is 1.48 bits per heavy atom. The van der Waals surface area contributed by atoms with Gasteiger partial charge in [-0.1, -0.05) is 0 Å². The van der Waals surface area contributed by atoms with Crippen molar-refractivity contribution in [3.63, 3.8) is 0 Å². The van der Waals surface area contributed by atoms with E-state index >= 15 is 0 Å². The number of aliphatic hydroxyl groups excluding tert-OH is 5. The second-order valence-electron chi connectivity index (χ2n) is 4.74. The number of carboxylic acid groups (broad SMARTS) is 1. The van der Waals surface area contributed by atoms with Gasteiger partial charge in [0, 0.05) is 0 Å². The quantitative estimate of drug-likeness (QED) is 0.181. The third-order valence-electron chi connectivity index (χ3n) is 3.16. The van der Waals surface area contributed by atoms with Crippen molar-refractivity contribution in [2.45, 2.75) is 48.8 Å². The number of nitrogens with two attached hydrogens (primary N) is 1. The van der Waals surface area contributed by atoms with Crippen molar-refractivity contribution in [3.8, 4) is 0 Å². The van der Waals surface area contributed by atoms with Gasteiger partial charge in [-0.25, -0.2) is 0 Å². The number of rotatable bonds is 4. The number of aliphatic carboxylic acids is 1. The molecule has 1 aliphatic rings. The van der Waals surface area contributed by atoms with Gasteiger partial charge in [0.1, 0.15) is 24.4 Å². The highest BCUT2D eigenvalue weighted by Crippen LogP contribution is 2.31. The van der Waals surface area contributed by atoms with Crippen LogP contribution in [0.4, 0.5) is 0 Å². The second kappa shape index (κ2) is 6.19. The normalized spacial score (nSPS) is 41.4. The van der Waals surface area contributed by atoms with Crippen LogP contribution in [0.5, 0.6) is 0 Å². The van der Waals surface area contributed by atoms with Crippen molar-refractivity contribution in [1.82, 2.24) is 0 Å². The van der Waals surface area contributed by atoms with Crippen molar-refractivity contribution in [2.24, 2.45) is 5.73 Å². The van der Waals surface area contributed by atoms with Crippen molar-refractivity contribution in [2.75, 3.05) is 0 Å². The molecule has 122 valence electrons. The summed E-state index contributed by atoms with van der Waals surface area (Å²) in [5.41, 5.74) is 5.18. The number of carbonyl (C=O) groups is 2. The Hall–Kier alpha value is -1.34. The van der Waals surface area contributed by atoms with Crippen LogP contribution in [0.2, 0.25) is 0 Å². The Labute approximate surface area is 117 Å². The number of hydrogen-bond acceptors (Lipinski definition) is 10. The Morgan fingerprint density at radius 1 is 1.05 bits per heavy atom. The zero-order chi connectivity index (χ0) is 16.5. The lowest BCUT2D eigenvalue weighted by molar-refractivity contribution is -0.348. The molecule has 21 heavy (non-hydrogen) atoms. The molecule has 11 heteroatoms. The third kappa shape index (κ3) is 3.29. The maximum Gasteiger partial charge on any atom is 0.326 e. The van der Waals surface area contributed by atoms with Crippen LogP contribution in [0.25, 0.3) is 0 Å². The third-order valence-corrected chi connectivity index (χ3v) is 3.16. The number of carbonyl (C=O) groups excluding carboxylic acids is 1. The molecule has 1 fully saturated rings. The topological polar surface area (TPSA) is 211 Å². The Bertz CT molecular complexity index is 399. The van der Waals surface area contributed by atoms with Crippen molar-refractivity contribution >= 4 is 11.9 Å². The van der Waals surface area contributed by atoms with E-state index in [1.54, 1.807) is 0 Å². The van der Waals surface area contributed by atoms with E-state index in [0.29, 0.717) is 0 Å². The van der Waals surface area contributed by atoms with Crippen LogP contribution < -0.4 is 5.73 Å². The van der Waals surface area contributed by atoms with E-state index in [1.165, 1.54) is 0 Å². The molecular formula is C10H17NO10. The summed E-state index contributed by atoms with van der Waals surface area (Å²) in [5, 5.41) is 65.8. The first kappa shape index (κ1) is 17.7. The molecule has 0 spiro atoms. The average molecular weight is 311 g/mol. The molecule has 0 aromatic rings. The van der Waals surface area contributed by atoms with Gasteiger partial charge in [0.05, 0.1) is 6.42 Å². The first-order valence-electron chi connectivity index (χ1n) is 5.85. The van der Waals surface area contributed by atoms with Crippen molar-refractivity contribution in [1.29, 1.82) is 0 Å². The molecule has 0 aliphatic heterocycles. The highest BCUT2D eigenvalue weighted by Gasteiger charge is 2.60. The number of ether oxygens (including phenoxy) is 1. The molecule has 11 nitrogen and oxygen atoms in total. The summed E-state index contributed by atoms with van der Waals surface area (Å²) in [6, 6.07) is -1.72. The van der Waals surface area contributed by atoms with Crippen LogP contribution in [-0.2, 0) is 14.3 Å². The summed E-state index contributed by atoms with van der Waals surface area (Å²) in [4.78, 5) is 21.9. The molecule has 0 bridgehead atoms. The fourth-order valence-electron chi connectivity index (χ4n) is 1.87. The van der Waals surface area contributed by atoms with Crippen LogP contribution in [-0.4, -0.2) is 90.0 Å². The molecule has 0 saturated heterocycles. The maximum absolute atomic E-state index is 11.5. The van der Waals surface area contributed by atoms with E-state index in [4.69, 9.17) is 10.8 Å². The number of aliphatic hydroxyl groups is 6. The lowest BCUT2D eigenvalue weighted by atomic mass is 9.82. The molecule has 7 atom stereocenters. The minimum absolute atomic E-state index is 0.852. The molecular weight excluding hydrogens is 294 g/mol. The zero-order valence-electron chi connectivity index (χ0n) is 10.6. The monoisotopic (exact) mass is 311 g/mol. The largest absolute Gasteiger partial charge is 0.481 e. The number of carboxylic acids is 1. The summed E-state index contributed by atoms with van der Waals surface area (Å²) in [6.45, 7) is 0. The molecule has 0 aromatic carbocycles. The number of esters is 1. The summed E-state index contributed by atoms with van der Waals surface area (Å²) in [7, 11) is 0. The molecule has 2 unspecified atom stereocenters. The van der Waals surface area contributed by atoms with Gasteiger partial charge in [-0.2, -0.15) is 0 Å². The first-order chi connectivity index (χ1) is 9.52.